The molecule has 0 amide bonds. The third-order valence-electron chi connectivity index (χ3n) is 5.60. The lowest BCUT2D eigenvalue weighted by molar-refractivity contribution is 0.745. The zero-order valence-corrected chi connectivity index (χ0v) is 12.5. The Hall–Kier alpha value is -2.86. The highest BCUT2D eigenvalue weighted by molar-refractivity contribution is 6.04. The summed E-state index contributed by atoms with van der Waals surface area (Å²) in [6.07, 6.45) is 0. The third-order valence-corrected chi connectivity index (χ3v) is 5.60. The number of hydrogen-bond donors (Lipinski definition) is 0. The quantitative estimate of drug-likeness (QED) is 0.355. The summed E-state index contributed by atoms with van der Waals surface area (Å²) >= 11 is 0. The van der Waals surface area contributed by atoms with Crippen molar-refractivity contribution in [2.75, 3.05) is 0 Å². The van der Waals surface area contributed by atoms with Crippen LogP contribution in [0.15, 0.2) is 78.9 Å². The Balaban J connectivity index is 1.85. The number of benzene rings is 4. The minimum absolute atomic E-state index is 0.0974. The fraction of sp³-hybridized carbons (Fsp3) is 0.0435. The van der Waals surface area contributed by atoms with Crippen molar-refractivity contribution in [3.63, 3.8) is 0 Å². The molecule has 1 radical (unpaired) electrons. The van der Waals surface area contributed by atoms with Gasteiger partial charge < -0.3 is 0 Å². The Kier molecular flexibility index (Phi) is 1.89. The summed E-state index contributed by atoms with van der Waals surface area (Å²) in [5, 5.41) is 2.78. The Morgan fingerprint density at radius 3 is 2.13 bits per heavy atom. The molecule has 0 fully saturated rings. The maximum Gasteiger partial charge on any atom is 0.0725 e. The van der Waals surface area contributed by atoms with Crippen LogP contribution in [-0.4, -0.2) is 0 Å². The van der Waals surface area contributed by atoms with E-state index in [1.807, 2.05) is 6.07 Å². The van der Waals surface area contributed by atoms with Crippen LogP contribution in [0, 0.1) is 6.07 Å². The Morgan fingerprint density at radius 2 is 1.30 bits per heavy atom. The van der Waals surface area contributed by atoms with E-state index in [0.29, 0.717) is 0 Å². The van der Waals surface area contributed by atoms with Crippen LogP contribution < -0.4 is 0 Å². The Bertz CT molecular complexity index is 1030. The zero-order chi connectivity index (χ0) is 15.0. The highest BCUT2D eigenvalue weighted by Crippen LogP contribution is 2.63. The van der Waals surface area contributed by atoms with E-state index < -0.39 is 0 Å². The second kappa shape index (κ2) is 3.72. The summed E-state index contributed by atoms with van der Waals surface area (Å²) in [6, 6.07) is 32.0. The van der Waals surface area contributed by atoms with Gasteiger partial charge in [0, 0.05) is 0 Å². The largest absolute Gasteiger partial charge is 0.0725 e. The number of rotatable bonds is 0. The maximum absolute atomic E-state index is 3.31. The van der Waals surface area contributed by atoms with E-state index >= 15 is 0 Å². The van der Waals surface area contributed by atoms with Crippen molar-refractivity contribution in [1.82, 2.24) is 0 Å². The molecule has 0 bridgehead atoms. The molecule has 0 heterocycles. The van der Waals surface area contributed by atoms with E-state index in [9.17, 15) is 0 Å². The summed E-state index contributed by atoms with van der Waals surface area (Å²) in [4.78, 5) is 0. The van der Waals surface area contributed by atoms with E-state index in [1.165, 1.54) is 44.2 Å². The lowest BCUT2D eigenvalue weighted by Gasteiger charge is -2.43. The first-order valence-electron chi connectivity index (χ1n) is 8.05. The molecule has 4 aromatic carbocycles. The molecule has 0 atom stereocenters. The van der Waals surface area contributed by atoms with Crippen LogP contribution in [-0.2, 0) is 5.41 Å². The van der Waals surface area contributed by atoms with Crippen molar-refractivity contribution in [2.45, 2.75) is 5.41 Å². The molecule has 105 valence electrons. The Morgan fingerprint density at radius 1 is 0.609 bits per heavy atom. The first-order valence-corrected chi connectivity index (χ1v) is 8.05. The molecule has 6 rings (SSSR count). The molecule has 0 aromatic heterocycles. The second-order valence-electron chi connectivity index (χ2n) is 6.48. The van der Waals surface area contributed by atoms with Gasteiger partial charge in [-0.2, -0.15) is 0 Å². The molecule has 4 aromatic rings. The highest BCUT2D eigenvalue weighted by Gasteiger charge is 2.52. The van der Waals surface area contributed by atoms with Gasteiger partial charge in [-0.1, -0.05) is 72.8 Å². The minimum atomic E-state index is -0.0974. The molecule has 0 unspecified atom stereocenters. The summed E-state index contributed by atoms with van der Waals surface area (Å²) in [5.74, 6) is 0. The van der Waals surface area contributed by atoms with Crippen LogP contribution in [0.5, 0.6) is 0 Å². The van der Waals surface area contributed by atoms with Crippen molar-refractivity contribution in [1.29, 1.82) is 0 Å². The first-order chi connectivity index (χ1) is 11.4. The molecule has 1 spiro atoms. The minimum Gasteiger partial charge on any atom is -0.0619 e. The van der Waals surface area contributed by atoms with E-state index in [0.717, 1.165) is 0 Å². The smallest absolute Gasteiger partial charge is 0.0619 e. The molecule has 0 saturated heterocycles. The molecule has 0 saturated carbocycles. The summed E-state index contributed by atoms with van der Waals surface area (Å²) < 4.78 is 0. The van der Waals surface area contributed by atoms with Gasteiger partial charge in [0.05, 0.1) is 5.41 Å². The summed E-state index contributed by atoms with van der Waals surface area (Å²) in [7, 11) is 0. The van der Waals surface area contributed by atoms with Gasteiger partial charge in [0.2, 0.25) is 0 Å². The maximum atomic E-state index is 3.31. The molecule has 2 aliphatic carbocycles. The lowest BCUT2D eigenvalue weighted by Crippen LogP contribution is -2.35. The molecular formula is C23H13. The van der Waals surface area contributed by atoms with Crippen molar-refractivity contribution in [3.8, 4) is 11.1 Å². The van der Waals surface area contributed by atoms with Crippen molar-refractivity contribution >= 4 is 10.8 Å². The van der Waals surface area contributed by atoms with Gasteiger partial charge in [0.1, 0.15) is 0 Å². The monoisotopic (exact) mass is 289 g/mol. The van der Waals surface area contributed by atoms with Gasteiger partial charge in [0.15, 0.2) is 0 Å². The SMILES string of the molecule is [c]1ccc2c(c1)C1(c3ccccc3-2)c2cccc3cccc1c23. The normalized spacial score (nSPS) is 15.3. The molecule has 0 nitrogen and oxygen atoms in total. The highest BCUT2D eigenvalue weighted by atomic mass is 14.5. The predicted molar refractivity (Wildman–Crippen MR) is 93.6 cm³/mol. The lowest BCUT2D eigenvalue weighted by atomic mass is 9.58. The van der Waals surface area contributed by atoms with Gasteiger partial charge in [-0.3, -0.25) is 0 Å². The fourth-order valence-electron chi connectivity index (χ4n) is 4.79. The van der Waals surface area contributed by atoms with Crippen molar-refractivity contribution in [2.24, 2.45) is 0 Å². The van der Waals surface area contributed by atoms with Gasteiger partial charge in [-0.25, -0.2) is 0 Å². The van der Waals surface area contributed by atoms with Crippen LogP contribution in [0.25, 0.3) is 21.9 Å². The van der Waals surface area contributed by atoms with Crippen molar-refractivity contribution < 1.29 is 0 Å². The van der Waals surface area contributed by atoms with Crippen LogP contribution >= 0.6 is 0 Å². The number of hydrogen-bond acceptors (Lipinski definition) is 0. The van der Waals surface area contributed by atoms with E-state index in [2.05, 4.69) is 78.9 Å². The number of fused-ring (bicyclic) bond motifs is 7. The summed E-state index contributed by atoms with van der Waals surface area (Å²) in [6.45, 7) is 0. The van der Waals surface area contributed by atoms with Gasteiger partial charge in [-0.15, -0.1) is 0 Å². The van der Waals surface area contributed by atoms with Gasteiger partial charge in [-0.05, 0) is 56.3 Å². The Labute approximate surface area is 135 Å². The van der Waals surface area contributed by atoms with E-state index in [1.54, 1.807) is 0 Å². The average molecular weight is 289 g/mol. The molecule has 2 aliphatic rings. The molecular weight excluding hydrogens is 276 g/mol. The van der Waals surface area contributed by atoms with Gasteiger partial charge in [0.25, 0.3) is 0 Å². The molecule has 0 aliphatic heterocycles. The summed E-state index contributed by atoms with van der Waals surface area (Å²) in [5.41, 5.74) is 8.30. The van der Waals surface area contributed by atoms with E-state index in [4.69, 9.17) is 0 Å². The predicted octanol–water partition coefficient (Wildman–Crippen LogP) is 5.32. The van der Waals surface area contributed by atoms with Gasteiger partial charge >= 0.3 is 0 Å². The van der Waals surface area contributed by atoms with Crippen molar-refractivity contribution in [3.05, 3.63) is 107 Å². The van der Waals surface area contributed by atoms with Crippen LogP contribution in [0.4, 0.5) is 0 Å². The second-order valence-corrected chi connectivity index (χ2v) is 6.48. The van der Waals surface area contributed by atoms with Crippen LogP contribution in [0.3, 0.4) is 0 Å². The molecule has 23 heavy (non-hydrogen) atoms. The molecule has 0 N–H and O–H groups in total. The third kappa shape index (κ3) is 1.11. The fourth-order valence-corrected chi connectivity index (χ4v) is 4.79. The first kappa shape index (κ1) is 11.7. The standard InChI is InChI=1S/C23H13/c1-3-11-18-16(9-1)17-10-2-4-12-19(17)23(18)20-13-5-7-15-8-6-14-21(23)22(15)20/h1-3,5-14H. The zero-order valence-electron chi connectivity index (χ0n) is 12.5. The van der Waals surface area contributed by atoms with Crippen LogP contribution in [0.1, 0.15) is 22.3 Å². The van der Waals surface area contributed by atoms with Crippen LogP contribution in [0.2, 0.25) is 0 Å². The topological polar surface area (TPSA) is 0 Å². The molecule has 0 heteroatoms. The average Bonchev–Trinajstić information content (AvgIpc) is 2.93. The van der Waals surface area contributed by atoms with E-state index in [-0.39, 0.29) is 5.41 Å².